The predicted octanol–water partition coefficient (Wildman–Crippen LogP) is 8.50. The van der Waals surface area contributed by atoms with Gasteiger partial charge in [0.1, 0.15) is 48.7 Å². The number of ether oxygens (including phenoxy) is 7. The molecule has 0 radical (unpaired) electrons. The lowest BCUT2D eigenvalue weighted by atomic mass is 9.95. The van der Waals surface area contributed by atoms with Crippen LogP contribution in [0.25, 0.3) is 0 Å². The third-order valence-corrected chi connectivity index (χ3v) is 21.3. The van der Waals surface area contributed by atoms with Crippen molar-refractivity contribution in [3.05, 3.63) is 204 Å². The Bertz CT molecular complexity index is 2910. The standard InChI is InChI=1S/C58H70N2O13S2Si/c1-58(2,3)76(4,5)73-57-51(60-75(64,65)47-34-22-11-23-35-47)55(69-39-45-30-18-9-19-31-45)53(49(71-57)41-67-37-43-26-14-7-15-27-43)72-56-50(59-74(62,63)46-32-20-10-21-33-46)54(68-38-44-28-16-8-17-29-44)52(61)48(70-56)40-66-36-42-24-12-6-13-25-42/h6-35,48-57,59-61H,36-41H2,1-5H3/t48?,49?,50?,51?,52-,53-,54+,55+,56+,57-/m1/s1. The summed E-state index contributed by atoms with van der Waals surface area (Å²) in [5.74, 6) is 0. The van der Waals surface area contributed by atoms with E-state index in [9.17, 15) is 21.9 Å². The number of hydrogen-bond donors (Lipinski definition) is 3. The van der Waals surface area contributed by atoms with Crippen LogP contribution < -0.4 is 9.44 Å². The Kier molecular flexibility index (Phi) is 19.6. The van der Waals surface area contributed by atoms with Gasteiger partial charge in [-0.3, -0.25) is 0 Å². The van der Waals surface area contributed by atoms with Crippen LogP contribution in [0.2, 0.25) is 18.1 Å². The molecule has 8 rings (SSSR count). The first-order valence-electron chi connectivity index (χ1n) is 25.5. The van der Waals surface area contributed by atoms with Gasteiger partial charge < -0.3 is 42.7 Å². The molecule has 15 nitrogen and oxygen atoms in total. The molecule has 2 aliphatic rings. The van der Waals surface area contributed by atoms with Crippen molar-refractivity contribution in [3.8, 4) is 0 Å². The molecule has 2 saturated heterocycles. The molecule has 406 valence electrons. The van der Waals surface area contributed by atoms with E-state index in [1.165, 1.54) is 24.3 Å². The lowest BCUT2D eigenvalue weighted by Gasteiger charge is -2.51. The molecule has 0 aromatic heterocycles. The summed E-state index contributed by atoms with van der Waals surface area (Å²) in [6, 6.07) is 50.8. The first-order chi connectivity index (χ1) is 36.5. The van der Waals surface area contributed by atoms with Gasteiger partial charge in [0.15, 0.2) is 20.9 Å². The van der Waals surface area contributed by atoms with E-state index in [0.29, 0.717) is 0 Å². The zero-order chi connectivity index (χ0) is 53.8. The van der Waals surface area contributed by atoms with Crippen LogP contribution in [-0.4, -0.2) is 105 Å². The lowest BCUT2D eigenvalue weighted by Crippen LogP contribution is -2.70. The van der Waals surface area contributed by atoms with Crippen molar-refractivity contribution in [3.63, 3.8) is 0 Å². The Morgan fingerprint density at radius 1 is 0.487 bits per heavy atom. The SMILES string of the molecule is CC(C)(C)[Si](C)(C)O[C@H]1OC(COCc2ccccc2)[C@@H](O[C@@H]2OC(COCc3ccccc3)[C@@H](O)[C@@H](OCc3ccccc3)C2NS(=O)(=O)c2ccccc2)[C@@H](OCc2ccccc2)C1NS(=O)(=O)c1ccccc1. The first kappa shape index (κ1) is 57.2. The van der Waals surface area contributed by atoms with E-state index in [0.717, 1.165) is 22.3 Å². The third-order valence-electron chi connectivity index (χ3n) is 13.9. The minimum Gasteiger partial charge on any atom is -0.391 e. The Labute approximate surface area is 449 Å². The van der Waals surface area contributed by atoms with Gasteiger partial charge in [-0.25, -0.2) is 26.3 Å². The van der Waals surface area contributed by atoms with Crippen molar-refractivity contribution >= 4 is 28.4 Å². The lowest BCUT2D eigenvalue weighted by molar-refractivity contribution is -0.334. The van der Waals surface area contributed by atoms with E-state index in [2.05, 4.69) is 30.2 Å². The van der Waals surface area contributed by atoms with Gasteiger partial charge in [-0.05, 0) is 64.7 Å². The molecule has 0 aliphatic carbocycles. The molecule has 0 amide bonds. The second-order valence-electron chi connectivity index (χ2n) is 20.5. The number of benzene rings is 6. The molecule has 76 heavy (non-hydrogen) atoms. The van der Waals surface area contributed by atoms with E-state index in [4.69, 9.17) is 37.6 Å². The van der Waals surface area contributed by atoms with E-state index < -0.39 is 89.7 Å². The summed E-state index contributed by atoms with van der Waals surface area (Å²) in [6.45, 7) is 10.3. The van der Waals surface area contributed by atoms with Crippen LogP contribution in [0.4, 0.5) is 0 Å². The molecular weight excluding hydrogens is 1020 g/mol. The summed E-state index contributed by atoms with van der Waals surface area (Å²) in [5, 5.41) is 12.0. The Hall–Kier alpha value is -5.00. The molecule has 0 saturated carbocycles. The fourth-order valence-electron chi connectivity index (χ4n) is 8.71. The van der Waals surface area contributed by atoms with Gasteiger partial charge in [0.05, 0.1) is 49.4 Å². The maximum atomic E-state index is 14.7. The number of aliphatic hydroxyl groups is 1. The van der Waals surface area contributed by atoms with Crippen molar-refractivity contribution in [2.45, 2.75) is 136 Å². The van der Waals surface area contributed by atoms with Crippen molar-refractivity contribution < 1.29 is 59.5 Å². The highest BCUT2D eigenvalue weighted by atomic mass is 32.2. The molecule has 2 fully saturated rings. The Balaban J connectivity index is 1.26. The van der Waals surface area contributed by atoms with Crippen LogP contribution in [0.15, 0.2) is 192 Å². The van der Waals surface area contributed by atoms with Gasteiger partial charge in [0.25, 0.3) is 0 Å². The summed E-state index contributed by atoms with van der Waals surface area (Å²) in [6.07, 6.45) is -10.5. The Morgan fingerprint density at radius 2 is 0.842 bits per heavy atom. The first-order valence-corrected chi connectivity index (χ1v) is 31.4. The van der Waals surface area contributed by atoms with Crippen LogP contribution in [0.3, 0.4) is 0 Å². The average molecular weight is 1100 g/mol. The van der Waals surface area contributed by atoms with Crippen molar-refractivity contribution in [1.82, 2.24) is 9.44 Å². The van der Waals surface area contributed by atoms with Crippen LogP contribution >= 0.6 is 0 Å². The van der Waals surface area contributed by atoms with Crippen molar-refractivity contribution in [2.24, 2.45) is 0 Å². The summed E-state index contributed by atoms with van der Waals surface area (Å²) in [4.78, 5) is -0.0676. The molecule has 6 aromatic rings. The maximum absolute atomic E-state index is 14.7. The molecule has 3 N–H and O–H groups in total. The molecule has 6 aromatic carbocycles. The van der Waals surface area contributed by atoms with Gasteiger partial charge in [-0.15, -0.1) is 0 Å². The molecule has 10 atom stereocenters. The number of rotatable bonds is 24. The van der Waals surface area contributed by atoms with Crippen molar-refractivity contribution in [2.75, 3.05) is 13.2 Å². The highest BCUT2D eigenvalue weighted by molar-refractivity contribution is 7.89. The van der Waals surface area contributed by atoms with E-state index in [-0.39, 0.29) is 54.5 Å². The average Bonchev–Trinajstić information content (AvgIpc) is 3.43. The number of hydrogen-bond acceptors (Lipinski definition) is 13. The van der Waals surface area contributed by atoms with Crippen molar-refractivity contribution in [1.29, 1.82) is 0 Å². The second kappa shape index (κ2) is 26.1. The number of aliphatic hydroxyl groups excluding tert-OH is 1. The quantitative estimate of drug-likeness (QED) is 0.0491. The third kappa shape index (κ3) is 15.2. The topological polar surface area (TPSA) is 186 Å². The maximum Gasteiger partial charge on any atom is 0.241 e. The van der Waals surface area contributed by atoms with E-state index in [1.54, 1.807) is 36.4 Å². The van der Waals surface area contributed by atoms with E-state index in [1.807, 2.05) is 134 Å². The summed E-state index contributed by atoms with van der Waals surface area (Å²) < 4.78 is 119. The van der Waals surface area contributed by atoms with E-state index >= 15 is 0 Å². The molecular formula is C58H70N2O13S2Si. The minimum atomic E-state index is -4.40. The molecule has 2 heterocycles. The second-order valence-corrected chi connectivity index (χ2v) is 28.7. The smallest absolute Gasteiger partial charge is 0.241 e. The fraction of sp³-hybridized carbons (Fsp3) is 0.379. The number of nitrogens with one attached hydrogen (secondary N) is 2. The zero-order valence-electron chi connectivity index (χ0n) is 43.5. The summed E-state index contributed by atoms with van der Waals surface area (Å²) >= 11 is 0. The monoisotopic (exact) mass is 1090 g/mol. The van der Waals surface area contributed by atoms with Gasteiger partial charge >= 0.3 is 0 Å². The zero-order valence-corrected chi connectivity index (χ0v) is 46.1. The van der Waals surface area contributed by atoms with Gasteiger partial charge in [0.2, 0.25) is 20.0 Å². The molecule has 18 heteroatoms. The van der Waals surface area contributed by atoms with Crippen LogP contribution in [0.5, 0.6) is 0 Å². The van der Waals surface area contributed by atoms with Crippen LogP contribution in [-0.2, 0) is 84.1 Å². The van der Waals surface area contributed by atoms with Crippen LogP contribution in [0, 0.1) is 0 Å². The molecule has 4 unspecified atom stereocenters. The predicted molar refractivity (Wildman–Crippen MR) is 290 cm³/mol. The highest BCUT2D eigenvalue weighted by Crippen LogP contribution is 2.41. The largest absolute Gasteiger partial charge is 0.391 e. The summed E-state index contributed by atoms with van der Waals surface area (Å²) in [7, 11) is -11.5. The molecule has 2 aliphatic heterocycles. The normalized spacial score (nSPS) is 24.5. The highest BCUT2D eigenvalue weighted by Gasteiger charge is 2.56. The fourth-order valence-corrected chi connectivity index (χ4v) is 12.4. The Morgan fingerprint density at radius 3 is 1.26 bits per heavy atom. The van der Waals surface area contributed by atoms with Gasteiger partial charge in [-0.1, -0.05) is 178 Å². The summed E-state index contributed by atoms with van der Waals surface area (Å²) in [5.41, 5.74) is 3.28. The molecule has 0 bridgehead atoms. The van der Waals surface area contributed by atoms with Gasteiger partial charge in [-0.2, -0.15) is 0 Å². The molecule has 0 spiro atoms. The number of sulfonamides is 2. The van der Waals surface area contributed by atoms with Gasteiger partial charge in [0, 0.05) is 0 Å². The minimum absolute atomic E-state index is 0.00888. The van der Waals surface area contributed by atoms with Crippen LogP contribution in [0.1, 0.15) is 43.0 Å².